The highest BCUT2D eigenvalue weighted by Crippen LogP contribution is 2.38. The molecule has 144 valence electrons. The lowest BCUT2D eigenvalue weighted by molar-refractivity contribution is 0.0955. The van der Waals surface area contributed by atoms with Gasteiger partial charge in [0, 0.05) is 11.1 Å². The molecule has 0 radical (unpaired) electrons. The Morgan fingerprint density at radius 3 is 2.37 bits per heavy atom. The van der Waals surface area contributed by atoms with Crippen LogP contribution in [-0.2, 0) is 0 Å². The monoisotopic (exact) mass is 372 g/mol. The second-order valence-electron chi connectivity index (χ2n) is 5.53. The fraction of sp³-hybridized carbons (Fsp3) is 0.300. The smallest absolute Gasteiger partial charge is 0.271 e. The molecule has 0 fully saturated rings. The van der Waals surface area contributed by atoms with Crippen LogP contribution in [0.4, 0.5) is 0 Å². The van der Waals surface area contributed by atoms with E-state index in [1.54, 1.807) is 57.7 Å². The standard InChI is InChI=1S/C20H24N2O5/c1-5-9-27-19-17(25-3)10-14(11-18(19)26-4)13-21-22-20(23)15-7-6-8-16(12-15)24-2/h6-8,10-13H,5,9H2,1-4H3,(H,22,23)/b21-13+. The van der Waals surface area contributed by atoms with Crippen LogP contribution in [0, 0.1) is 0 Å². The first-order valence-corrected chi connectivity index (χ1v) is 8.49. The van der Waals surface area contributed by atoms with Gasteiger partial charge >= 0.3 is 0 Å². The quantitative estimate of drug-likeness (QED) is 0.540. The van der Waals surface area contributed by atoms with Gasteiger partial charge in [0.15, 0.2) is 11.5 Å². The van der Waals surface area contributed by atoms with Crippen LogP contribution in [0.25, 0.3) is 0 Å². The Bertz CT molecular complexity index is 780. The highest BCUT2D eigenvalue weighted by molar-refractivity contribution is 5.95. The zero-order valence-electron chi connectivity index (χ0n) is 15.9. The Balaban J connectivity index is 2.14. The van der Waals surface area contributed by atoms with Crippen molar-refractivity contribution in [3.63, 3.8) is 0 Å². The molecular weight excluding hydrogens is 348 g/mol. The lowest BCUT2D eigenvalue weighted by Crippen LogP contribution is -2.17. The molecule has 7 heteroatoms. The number of hydrogen-bond donors (Lipinski definition) is 1. The van der Waals surface area contributed by atoms with E-state index in [-0.39, 0.29) is 5.91 Å². The van der Waals surface area contributed by atoms with Crippen LogP contribution in [0.3, 0.4) is 0 Å². The van der Waals surface area contributed by atoms with Gasteiger partial charge in [-0.25, -0.2) is 5.43 Å². The maximum atomic E-state index is 12.2. The Hall–Kier alpha value is -3.22. The average Bonchev–Trinajstić information content (AvgIpc) is 2.71. The fourth-order valence-corrected chi connectivity index (χ4v) is 2.32. The number of methoxy groups -OCH3 is 3. The number of amides is 1. The van der Waals surface area contributed by atoms with Crippen molar-refractivity contribution < 1.29 is 23.7 Å². The van der Waals surface area contributed by atoms with Gasteiger partial charge in [-0.3, -0.25) is 4.79 Å². The minimum atomic E-state index is -0.341. The molecule has 0 atom stereocenters. The van der Waals surface area contributed by atoms with Crippen LogP contribution < -0.4 is 24.4 Å². The van der Waals surface area contributed by atoms with Gasteiger partial charge in [0.1, 0.15) is 5.75 Å². The second-order valence-corrected chi connectivity index (χ2v) is 5.53. The molecule has 0 aliphatic rings. The van der Waals surface area contributed by atoms with Crippen LogP contribution >= 0.6 is 0 Å². The van der Waals surface area contributed by atoms with Crippen molar-refractivity contribution in [1.82, 2.24) is 5.43 Å². The molecule has 2 rings (SSSR count). The van der Waals surface area contributed by atoms with Gasteiger partial charge in [-0.05, 0) is 36.8 Å². The maximum Gasteiger partial charge on any atom is 0.271 e. The number of ether oxygens (including phenoxy) is 4. The Labute approximate surface area is 158 Å². The van der Waals surface area contributed by atoms with E-state index in [0.717, 1.165) is 6.42 Å². The van der Waals surface area contributed by atoms with Crippen LogP contribution in [-0.4, -0.2) is 40.1 Å². The molecule has 0 aliphatic carbocycles. The van der Waals surface area contributed by atoms with Crippen LogP contribution in [0.5, 0.6) is 23.0 Å². The first kappa shape index (κ1) is 20.1. The molecule has 0 spiro atoms. The van der Waals surface area contributed by atoms with E-state index in [2.05, 4.69) is 10.5 Å². The molecule has 0 aromatic heterocycles. The number of carbonyl (C=O) groups is 1. The molecule has 2 aromatic carbocycles. The highest BCUT2D eigenvalue weighted by Gasteiger charge is 2.13. The summed E-state index contributed by atoms with van der Waals surface area (Å²) in [6.07, 6.45) is 2.37. The number of nitrogens with one attached hydrogen (secondary N) is 1. The number of hydrogen-bond acceptors (Lipinski definition) is 6. The summed E-state index contributed by atoms with van der Waals surface area (Å²) in [5, 5.41) is 4.00. The Morgan fingerprint density at radius 2 is 1.78 bits per heavy atom. The molecule has 0 aliphatic heterocycles. The molecule has 2 aromatic rings. The van der Waals surface area contributed by atoms with E-state index < -0.39 is 0 Å². The molecule has 0 unspecified atom stereocenters. The van der Waals surface area contributed by atoms with Crippen molar-refractivity contribution in [1.29, 1.82) is 0 Å². The summed E-state index contributed by atoms with van der Waals surface area (Å²) in [5.74, 6) is 1.86. The summed E-state index contributed by atoms with van der Waals surface area (Å²) in [5.41, 5.74) is 3.63. The SMILES string of the molecule is CCCOc1c(OC)cc(/C=N/NC(=O)c2cccc(OC)c2)cc1OC. The molecule has 0 bridgehead atoms. The lowest BCUT2D eigenvalue weighted by atomic mass is 10.2. The zero-order chi connectivity index (χ0) is 19.6. The van der Waals surface area contributed by atoms with Crippen molar-refractivity contribution in [3.05, 3.63) is 47.5 Å². The Morgan fingerprint density at radius 1 is 1.07 bits per heavy atom. The van der Waals surface area contributed by atoms with E-state index in [1.165, 1.54) is 6.21 Å². The molecule has 0 saturated carbocycles. The first-order chi connectivity index (χ1) is 13.1. The van der Waals surface area contributed by atoms with Crippen molar-refractivity contribution in [2.75, 3.05) is 27.9 Å². The van der Waals surface area contributed by atoms with Gasteiger partial charge in [-0.15, -0.1) is 0 Å². The summed E-state index contributed by atoms with van der Waals surface area (Å²) < 4.78 is 21.6. The number of rotatable bonds is 9. The maximum absolute atomic E-state index is 12.2. The normalized spacial score (nSPS) is 10.5. The molecule has 7 nitrogen and oxygen atoms in total. The van der Waals surface area contributed by atoms with Crippen molar-refractivity contribution in [2.24, 2.45) is 5.10 Å². The predicted octanol–water partition coefficient (Wildman–Crippen LogP) is 3.27. The topological polar surface area (TPSA) is 78.4 Å². The number of nitrogens with zero attached hydrogens (tertiary/aromatic N) is 1. The van der Waals surface area contributed by atoms with Gasteiger partial charge in [-0.1, -0.05) is 13.0 Å². The first-order valence-electron chi connectivity index (χ1n) is 8.49. The lowest BCUT2D eigenvalue weighted by Gasteiger charge is -2.14. The van der Waals surface area contributed by atoms with E-state index in [1.807, 2.05) is 6.92 Å². The van der Waals surface area contributed by atoms with E-state index in [4.69, 9.17) is 18.9 Å². The van der Waals surface area contributed by atoms with Crippen molar-refractivity contribution >= 4 is 12.1 Å². The summed E-state index contributed by atoms with van der Waals surface area (Å²) in [6.45, 7) is 2.57. The minimum absolute atomic E-state index is 0.341. The van der Waals surface area contributed by atoms with Crippen LogP contribution in [0.15, 0.2) is 41.5 Å². The second kappa shape index (κ2) is 10.1. The van der Waals surface area contributed by atoms with E-state index in [9.17, 15) is 4.79 Å². The number of carbonyl (C=O) groups excluding carboxylic acids is 1. The van der Waals surface area contributed by atoms with Crippen LogP contribution in [0.1, 0.15) is 29.3 Å². The predicted molar refractivity (Wildman–Crippen MR) is 103 cm³/mol. The van der Waals surface area contributed by atoms with Gasteiger partial charge in [-0.2, -0.15) is 5.10 Å². The van der Waals surface area contributed by atoms with Gasteiger partial charge in [0.25, 0.3) is 5.91 Å². The third-order valence-electron chi connectivity index (χ3n) is 3.65. The molecule has 0 heterocycles. The fourth-order valence-electron chi connectivity index (χ4n) is 2.32. The van der Waals surface area contributed by atoms with Gasteiger partial charge in [0.05, 0.1) is 34.2 Å². The highest BCUT2D eigenvalue weighted by atomic mass is 16.5. The minimum Gasteiger partial charge on any atom is -0.497 e. The van der Waals surface area contributed by atoms with Crippen LogP contribution in [0.2, 0.25) is 0 Å². The largest absolute Gasteiger partial charge is 0.497 e. The van der Waals surface area contributed by atoms with E-state index in [0.29, 0.717) is 40.7 Å². The summed E-state index contributed by atoms with van der Waals surface area (Å²) in [4.78, 5) is 12.2. The van der Waals surface area contributed by atoms with Crippen molar-refractivity contribution in [2.45, 2.75) is 13.3 Å². The number of benzene rings is 2. The molecule has 27 heavy (non-hydrogen) atoms. The molecular formula is C20H24N2O5. The zero-order valence-corrected chi connectivity index (χ0v) is 15.9. The average molecular weight is 372 g/mol. The summed E-state index contributed by atoms with van der Waals surface area (Å²) >= 11 is 0. The molecule has 0 saturated heterocycles. The van der Waals surface area contributed by atoms with E-state index >= 15 is 0 Å². The Kier molecular flexibility index (Phi) is 7.49. The summed E-state index contributed by atoms with van der Waals surface area (Å²) in [6, 6.07) is 10.3. The molecule has 1 N–H and O–H groups in total. The summed E-state index contributed by atoms with van der Waals surface area (Å²) in [7, 11) is 4.65. The number of hydrazone groups is 1. The van der Waals surface area contributed by atoms with Gasteiger partial charge in [0.2, 0.25) is 5.75 Å². The third kappa shape index (κ3) is 5.37. The van der Waals surface area contributed by atoms with Crippen molar-refractivity contribution in [3.8, 4) is 23.0 Å². The van der Waals surface area contributed by atoms with Gasteiger partial charge < -0.3 is 18.9 Å². The molecule has 1 amide bonds. The third-order valence-corrected chi connectivity index (χ3v) is 3.65.